The van der Waals surface area contributed by atoms with E-state index in [1.807, 2.05) is 0 Å². The Hall–Kier alpha value is -4.65. The highest BCUT2D eigenvalue weighted by Gasteiger charge is 2.30. The summed E-state index contributed by atoms with van der Waals surface area (Å²) in [5.74, 6) is -4.20. The van der Waals surface area contributed by atoms with Gasteiger partial charge in [-0.3, -0.25) is 24.0 Å². The van der Waals surface area contributed by atoms with Crippen LogP contribution < -0.4 is 27.4 Å². The summed E-state index contributed by atoms with van der Waals surface area (Å²) in [6.45, 7) is 1.26. The molecule has 0 aliphatic rings. The average Bonchev–Trinajstić information content (AvgIpc) is 2.88. The molecule has 210 valence electrons. The fraction of sp³-hybridized carbons (Fsp3) is 0.346. The van der Waals surface area contributed by atoms with Crippen LogP contribution in [0.25, 0.3) is 0 Å². The van der Waals surface area contributed by atoms with Crippen molar-refractivity contribution in [2.75, 3.05) is 0 Å². The minimum Gasteiger partial charge on any atom is -0.508 e. The summed E-state index contributed by atoms with van der Waals surface area (Å²) >= 11 is 0. The number of hydrogen-bond acceptors (Lipinski definition) is 8. The van der Waals surface area contributed by atoms with Crippen molar-refractivity contribution in [3.05, 3.63) is 59.7 Å². The Labute approximate surface area is 224 Å². The molecule has 4 amide bonds. The number of aromatic hydroxyl groups is 2. The van der Waals surface area contributed by atoms with Crippen molar-refractivity contribution < 1.29 is 39.3 Å². The molecule has 0 aromatic heterocycles. The van der Waals surface area contributed by atoms with Gasteiger partial charge in [0.15, 0.2) is 0 Å². The summed E-state index contributed by atoms with van der Waals surface area (Å²) < 4.78 is 0. The maximum absolute atomic E-state index is 13.4. The van der Waals surface area contributed by atoms with Crippen LogP contribution in [0.2, 0.25) is 0 Å². The number of benzene rings is 2. The van der Waals surface area contributed by atoms with Crippen molar-refractivity contribution in [1.29, 1.82) is 0 Å². The van der Waals surface area contributed by atoms with Crippen LogP contribution in [0.15, 0.2) is 48.5 Å². The van der Waals surface area contributed by atoms with Gasteiger partial charge < -0.3 is 42.7 Å². The van der Waals surface area contributed by atoms with Crippen LogP contribution >= 0.6 is 0 Å². The van der Waals surface area contributed by atoms with Crippen LogP contribution in [0.1, 0.15) is 30.9 Å². The van der Waals surface area contributed by atoms with E-state index in [4.69, 9.17) is 11.5 Å². The number of nitrogens with one attached hydrogen (secondary N) is 3. The largest absolute Gasteiger partial charge is 0.508 e. The van der Waals surface area contributed by atoms with Crippen molar-refractivity contribution >= 4 is 29.6 Å². The minimum atomic E-state index is -1.28. The molecule has 2 aromatic rings. The number of primary amides is 1. The Balaban J connectivity index is 2.29. The lowest BCUT2D eigenvalue weighted by Crippen LogP contribution is -2.58. The zero-order valence-electron chi connectivity index (χ0n) is 21.3. The number of phenolic OH excluding ortho intramolecular Hbond substituents is 2. The van der Waals surface area contributed by atoms with Crippen molar-refractivity contribution in [1.82, 2.24) is 16.0 Å². The van der Waals surface area contributed by atoms with Gasteiger partial charge >= 0.3 is 5.97 Å². The number of hydrogen-bond donors (Lipinski definition) is 8. The van der Waals surface area contributed by atoms with Crippen molar-refractivity contribution in [2.45, 2.75) is 56.8 Å². The molecule has 0 aliphatic heterocycles. The molecule has 4 unspecified atom stereocenters. The number of carbonyl (C=O) groups is 5. The molecule has 2 aromatic carbocycles. The molecule has 0 radical (unpaired) electrons. The lowest BCUT2D eigenvalue weighted by molar-refractivity contribution is -0.141. The molecule has 0 fully saturated rings. The predicted molar refractivity (Wildman–Crippen MR) is 139 cm³/mol. The Morgan fingerprint density at radius 1 is 0.744 bits per heavy atom. The first-order chi connectivity index (χ1) is 18.3. The molecule has 0 aliphatic carbocycles. The van der Waals surface area contributed by atoms with Crippen LogP contribution in [0, 0.1) is 0 Å². The highest BCUT2D eigenvalue weighted by atomic mass is 16.4. The molecule has 0 saturated heterocycles. The lowest BCUT2D eigenvalue weighted by Gasteiger charge is -2.25. The first-order valence-electron chi connectivity index (χ1n) is 12.1. The Bertz CT molecular complexity index is 1170. The van der Waals surface area contributed by atoms with Crippen LogP contribution in [-0.4, -0.2) is 69.1 Å². The van der Waals surface area contributed by atoms with E-state index in [-0.39, 0.29) is 37.2 Å². The summed E-state index contributed by atoms with van der Waals surface area (Å²) in [5, 5.41) is 35.7. The van der Waals surface area contributed by atoms with Gasteiger partial charge in [0.25, 0.3) is 0 Å². The molecule has 13 heteroatoms. The molecule has 4 atom stereocenters. The quantitative estimate of drug-likeness (QED) is 0.146. The molecule has 0 saturated carbocycles. The normalized spacial score (nSPS) is 13.8. The molecule has 13 nitrogen and oxygen atoms in total. The van der Waals surface area contributed by atoms with Crippen molar-refractivity contribution in [3.63, 3.8) is 0 Å². The number of amides is 4. The van der Waals surface area contributed by atoms with Gasteiger partial charge in [0.05, 0.1) is 6.04 Å². The van der Waals surface area contributed by atoms with Crippen molar-refractivity contribution in [3.8, 4) is 11.5 Å². The van der Waals surface area contributed by atoms with E-state index in [1.165, 1.54) is 43.3 Å². The smallest absolute Gasteiger partial charge is 0.325 e. The number of nitrogens with two attached hydrogens (primary N) is 2. The van der Waals surface area contributed by atoms with Gasteiger partial charge in [0, 0.05) is 19.3 Å². The minimum absolute atomic E-state index is 0.00422. The molecular formula is C26H33N5O8. The average molecular weight is 544 g/mol. The standard InChI is InChI=1S/C26H33N5O8/c1-14(26(38)39)29-24(36)20(12-15-2-6-17(32)7-3-15)31-25(37)21(13-16-4-8-18(33)9-5-16)30-23(35)19(27)10-11-22(28)34/h2-9,14,19-21,32-33H,10-13,27H2,1H3,(H2,28,34)(H,29,36)(H,30,35)(H,31,37)(H,38,39). The molecule has 10 N–H and O–H groups in total. The maximum Gasteiger partial charge on any atom is 0.325 e. The number of carbonyl (C=O) groups excluding carboxylic acids is 4. The van der Waals surface area contributed by atoms with Crippen LogP contribution in [-0.2, 0) is 36.8 Å². The lowest BCUT2D eigenvalue weighted by atomic mass is 10.0. The summed E-state index contributed by atoms with van der Waals surface area (Å²) in [6, 6.07) is 6.91. The topological polar surface area (TPSA) is 234 Å². The zero-order valence-corrected chi connectivity index (χ0v) is 21.3. The van der Waals surface area contributed by atoms with Gasteiger partial charge in [-0.25, -0.2) is 0 Å². The summed E-state index contributed by atoms with van der Waals surface area (Å²) in [7, 11) is 0. The Morgan fingerprint density at radius 3 is 1.56 bits per heavy atom. The SMILES string of the molecule is CC(NC(=O)C(Cc1ccc(O)cc1)NC(=O)C(Cc1ccc(O)cc1)NC(=O)C(N)CCC(N)=O)C(=O)O. The molecule has 0 bridgehead atoms. The second-order valence-corrected chi connectivity index (χ2v) is 9.04. The third-order valence-corrected chi connectivity index (χ3v) is 5.79. The van der Waals surface area contributed by atoms with Gasteiger partial charge in [-0.1, -0.05) is 24.3 Å². The fourth-order valence-electron chi connectivity index (χ4n) is 3.51. The molecular weight excluding hydrogens is 510 g/mol. The summed E-state index contributed by atoms with van der Waals surface area (Å²) in [5.41, 5.74) is 12.1. The molecule has 39 heavy (non-hydrogen) atoms. The first-order valence-corrected chi connectivity index (χ1v) is 12.1. The van der Waals surface area contributed by atoms with E-state index >= 15 is 0 Å². The van der Waals surface area contributed by atoms with Crippen LogP contribution in [0.4, 0.5) is 0 Å². The third kappa shape index (κ3) is 10.3. The Kier molecular flexibility index (Phi) is 11.2. The number of rotatable bonds is 14. The number of carboxylic acids is 1. The highest BCUT2D eigenvalue weighted by molar-refractivity contribution is 5.94. The Morgan fingerprint density at radius 2 is 1.15 bits per heavy atom. The van der Waals surface area contributed by atoms with Gasteiger partial charge in [0.1, 0.15) is 29.6 Å². The van der Waals surface area contributed by atoms with Gasteiger partial charge in [-0.05, 0) is 48.7 Å². The first kappa shape index (κ1) is 30.6. The van der Waals surface area contributed by atoms with E-state index in [9.17, 15) is 39.3 Å². The number of carboxylic acid groups (broad SMARTS) is 1. The third-order valence-electron chi connectivity index (χ3n) is 5.79. The predicted octanol–water partition coefficient (Wildman–Crippen LogP) is -0.965. The zero-order chi connectivity index (χ0) is 29.1. The van der Waals surface area contributed by atoms with E-state index in [2.05, 4.69) is 16.0 Å². The molecule has 2 rings (SSSR count). The van der Waals surface area contributed by atoms with E-state index < -0.39 is 53.8 Å². The van der Waals surface area contributed by atoms with Crippen LogP contribution in [0.5, 0.6) is 11.5 Å². The van der Waals surface area contributed by atoms with Gasteiger partial charge in [-0.2, -0.15) is 0 Å². The summed E-state index contributed by atoms with van der Waals surface area (Å²) in [6.07, 6.45) is -0.282. The van der Waals surface area contributed by atoms with E-state index in [0.717, 1.165) is 0 Å². The summed E-state index contributed by atoms with van der Waals surface area (Å²) in [4.78, 5) is 61.4. The molecule has 0 spiro atoms. The maximum atomic E-state index is 13.4. The second-order valence-electron chi connectivity index (χ2n) is 9.04. The number of aliphatic carboxylic acids is 1. The highest BCUT2D eigenvalue weighted by Crippen LogP contribution is 2.14. The van der Waals surface area contributed by atoms with Gasteiger partial charge in [0.2, 0.25) is 23.6 Å². The number of phenols is 2. The second kappa shape index (κ2) is 14.3. The van der Waals surface area contributed by atoms with Crippen molar-refractivity contribution in [2.24, 2.45) is 11.5 Å². The van der Waals surface area contributed by atoms with E-state index in [0.29, 0.717) is 11.1 Å². The fourth-order valence-corrected chi connectivity index (χ4v) is 3.51. The molecule has 0 heterocycles. The van der Waals surface area contributed by atoms with Gasteiger partial charge in [-0.15, -0.1) is 0 Å². The monoisotopic (exact) mass is 543 g/mol. The van der Waals surface area contributed by atoms with Crippen LogP contribution in [0.3, 0.4) is 0 Å². The van der Waals surface area contributed by atoms with E-state index in [1.54, 1.807) is 12.1 Å².